The van der Waals surface area contributed by atoms with E-state index in [-0.39, 0.29) is 18.0 Å². The van der Waals surface area contributed by atoms with E-state index in [9.17, 15) is 9.50 Å². The topological polar surface area (TPSA) is 80.0 Å². The van der Waals surface area contributed by atoms with Crippen molar-refractivity contribution in [2.75, 3.05) is 44.3 Å². The summed E-state index contributed by atoms with van der Waals surface area (Å²) in [7, 11) is 0. The second-order valence-electron chi connectivity index (χ2n) is 8.67. The molecule has 3 fully saturated rings. The number of hydrogen-bond donors (Lipinski definition) is 2. The van der Waals surface area contributed by atoms with Crippen molar-refractivity contribution in [1.82, 2.24) is 10.3 Å². The van der Waals surface area contributed by atoms with Gasteiger partial charge in [0.05, 0.1) is 25.4 Å². The minimum Gasteiger partial charge on any atom is -0.491 e. The average molecular weight is 434 g/mol. The number of piperidine rings is 1. The molecule has 4 heterocycles. The highest BCUT2D eigenvalue weighted by Gasteiger charge is 2.47. The van der Waals surface area contributed by atoms with Gasteiger partial charge in [0.15, 0.2) is 0 Å². The van der Waals surface area contributed by atoms with Gasteiger partial charge in [-0.25, -0.2) is 9.37 Å². The monoisotopic (exact) mass is 433 g/mol. The number of halogens is 1. The summed E-state index contributed by atoms with van der Waals surface area (Å²) >= 11 is 0. The Kier molecular flexibility index (Phi) is 7.09. The first-order valence-corrected chi connectivity index (χ1v) is 11.1. The van der Waals surface area contributed by atoms with Gasteiger partial charge in [-0.05, 0) is 69.8 Å². The van der Waals surface area contributed by atoms with E-state index in [1.165, 1.54) is 18.9 Å². The zero-order valence-corrected chi connectivity index (χ0v) is 18.1. The number of aliphatic hydroxyl groups excluding tert-OH is 1. The quantitative estimate of drug-likeness (QED) is 0.750. The third-order valence-corrected chi connectivity index (χ3v) is 6.06. The lowest BCUT2D eigenvalue weighted by Crippen LogP contribution is -2.61. The van der Waals surface area contributed by atoms with Crippen LogP contribution in [0, 0.1) is 5.82 Å². The molecule has 1 aromatic heterocycles. The van der Waals surface area contributed by atoms with Crippen LogP contribution < -0.4 is 15.0 Å². The zero-order valence-electron chi connectivity index (χ0n) is 18.1. The van der Waals surface area contributed by atoms with Crippen LogP contribution in [-0.2, 0) is 4.74 Å². The van der Waals surface area contributed by atoms with Crippen LogP contribution in [0.15, 0.2) is 35.1 Å². The predicted octanol–water partition coefficient (Wildman–Crippen LogP) is 3.10. The molecule has 3 saturated heterocycles. The van der Waals surface area contributed by atoms with E-state index in [1.807, 2.05) is 0 Å². The first kappa shape index (κ1) is 22.0. The Bertz CT molecular complexity index is 810. The number of benzene rings is 1. The van der Waals surface area contributed by atoms with Crippen molar-refractivity contribution in [2.24, 2.45) is 0 Å². The summed E-state index contributed by atoms with van der Waals surface area (Å²) in [5, 5.41) is 12.6. The van der Waals surface area contributed by atoms with E-state index in [1.54, 1.807) is 31.5 Å². The summed E-state index contributed by atoms with van der Waals surface area (Å²) in [6.45, 7) is 6.62. The smallest absolute Gasteiger partial charge is 0.297 e. The minimum atomic E-state index is -0.518. The molecule has 0 aliphatic carbocycles. The molecule has 2 N–H and O–H groups in total. The molecule has 3 aliphatic rings. The van der Waals surface area contributed by atoms with Gasteiger partial charge in [0.1, 0.15) is 30.0 Å². The van der Waals surface area contributed by atoms with Crippen LogP contribution in [0.1, 0.15) is 44.1 Å². The molecular weight excluding hydrogens is 401 g/mol. The summed E-state index contributed by atoms with van der Waals surface area (Å²) in [6, 6.07) is 5.35. The molecule has 0 amide bonds. The number of aliphatic hydroxyl groups is 1. The van der Waals surface area contributed by atoms with Crippen molar-refractivity contribution in [3.8, 4) is 5.75 Å². The van der Waals surface area contributed by atoms with Crippen LogP contribution in [0.4, 0.5) is 10.4 Å². The zero-order chi connectivity index (χ0) is 21.7. The molecule has 31 heavy (non-hydrogen) atoms. The maximum atomic E-state index is 13.4. The molecule has 0 bridgehead atoms. The third kappa shape index (κ3) is 5.56. The molecule has 1 atom stereocenters. The molecule has 1 aromatic carbocycles. The van der Waals surface area contributed by atoms with Crippen LogP contribution in [0.2, 0.25) is 0 Å². The highest BCUT2D eigenvalue weighted by Crippen LogP contribution is 2.37. The minimum absolute atomic E-state index is 0.133. The number of nitrogens with one attached hydrogen (secondary N) is 1. The Labute approximate surface area is 182 Å². The summed E-state index contributed by atoms with van der Waals surface area (Å²) < 4.78 is 29.8. The molecule has 0 saturated carbocycles. The van der Waals surface area contributed by atoms with E-state index >= 15 is 0 Å². The lowest BCUT2D eigenvalue weighted by atomic mass is 9.89. The van der Waals surface area contributed by atoms with E-state index < -0.39 is 6.10 Å². The van der Waals surface area contributed by atoms with Crippen LogP contribution in [0.3, 0.4) is 0 Å². The normalized spacial score (nSPS) is 21.3. The van der Waals surface area contributed by atoms with Gasteiger partial charge in [-0.15, -0.1) is 0 Å². The summed E-state index contributed by atoms with van der Waals surface area (Å²) in [6.07, 6.45) is 7.13. The number of nitrogens with zero attached hydrogens (tertiary/aromatic N) is 2. The molecule has 3 aliphatic heterocycles. The van der Waals surface area contributed by atoms with E-state index in [0.717, 1.165) is 57.2 Å². The Morgan fingerprint density at radius 1 is 1.35 bits per heavy atom. The van der Waals surface area contributed by atoms with Crippen LogP contribution in [-0.4, -0.2) is 61.2 Å². The fraction of sp³-hybridized carbons (Fsp3) is 0.609. The molecule has 8 heteroatoms. The molecule has 1 spiro atoms. The Balaban J connectivity index is 0.000000156. The molecule has 170 valence electrons. The Morgan fingerprint density at radius 3 is 2.81 bits per heavy atom. The maximum Gasteiger partial charge on any atom is 0.297 e. The number of ether oxygens (including phenoxy) is 2. The number of aromatic nitrogens is 1. The van der Waals surface area contributed by atoms with E-state index in [4.69, 9.17) is 13.9 Å². The maximum absolute atomic E-state index is 13.4. The Morgan fingerprint density at radius 2 is 2.16 bits per heavy atom. The van der Waals surface area contributed by atoms with E-state index in [0.29, 0.717) is 11.7 Å². The van der Waals surface area contributed by atoms with Crippen LogP contribution in [0.5, 0.6) is 5.75 Å². The average Bonchev–Trinajstić information content (AvgIpc) is 3.45. The van der Waals surface area contributed by atoms with Gasteiger partial charge < -0.3 is 29.2 Å². The summed E-state index contributed by atoms with van der Waals surface area (Å²) in [4.78, 5) is 6.21. The number of anilines is 1. The summed E-state index contributed by atoms with van der Waals surface area (Å²) in [5.74, 6) is 0.808. The van der Waals surface area contributed by atoms with Gasteiger partial charge in [0.2, 0.25) is 0 Å². The van der Waals surface area contributed by atoms with Gasteiger partial charge in [0, 0.05) is 12.2 Å². The lowest BCUT2D eigenvalue weighted by molar-refractivity contribution is -0.0202. The van der Waals surface area contributed by atoms with Crippen LogP contribution in [0.25, 0.3) is 0 Å². The second kappa shape index (κ2) is 9.97. The molecule has 2 aromatic rings. The van der Waals surface area contributed by atoms with Crippen molar-refractivity contribution < 1.29 is 23.4 Å². The van der Waals surface area contributed by atoms with Crippen molar-refractivity contribution in [1.29, 1.82) is 0 Å². The fourth-order valence-corrected chi connectivity index (χ4v) is 4.47. The lowest BCUT2D eigenvalue weighted by Gasteiger charge is -2.46. The first-order valence-electron chi connectivity index (χ1n) is 11.1. The summed E-state index contributed by atoms with van der Waals surface area (Å²) in [5.41, 5.74) is 1.06. The standard InChI is InChI=1S/C14H20FNO2.C9H12N2O2/c1-10(17)9-18-14-3-2-12(15)8-13(14)11-4-6-16-7-5-11;1-2-9(13-4-1)6-11(7-9)8-10-3-5-12-8/h2-3,8,10-11,16-17H,4-7,9H2,1H3;3,5H,1-2,4,6-7H2. The van der Waals surface area contributed by atoms with E-state index in [2.05, 4.69) is 15.2 Å². The van der Waals surface area contributed by atoms with Crippen LogP contribution >= 0.6 is 0 Å². The van der Waals surface area contributed by atoms with Gasteiger partial charge in [-0.2, -0.15) is 0 Å². The third-order valence-electron chi connectivity index (χ3n) is 6.06. The van der Waals surface area contributed by atoms with Gasteiger partial charge in [-0.3, -0.25) is 0 Å². The van der Waals surface area contributed by atoms with Crippen molar-refractivity contribution in [3.63, 3.8) is 0 Å². The fourth-order valence-electron chi connectivity index (χ4n) is 4.47. The molecule has 5 rings (SSSR count). The molecular formula is C23H32FN3O4. The van der Waals surface area contributed by atoms with Gasteiger partial charge >= 0.3 is 0 Å². The molecule has 0 radical (unpaired) electrons. The highest BCUT2D eigenvalue weighted by atomic mass is 19.1. The van der Waals surface area contributed by atoms with Crippen molar-refractivity contribution in [2.45, 2.75) is 50.2 Å². The first-order chi connectivity index (χ1) is 15.0. The van der Waals surface area contributed by atoms with Gasteiger partial charge in [-0.1, -0.05) is 0 Å². The van der Waals surface area contributed by atoms with Crippen molar-refractivity contribution >= 4 is 6.01 Å². The Hall–Kier alpha value is -2.16. The SMILES string of the molecule is CC(O)COc1ccc(F)cc1C1CCNCC1.c1coc(N2CC3(CCCO3)C2)n1. The second-order valence-corrected chi connectivity index (χ2v) is 8.67. The molecule has 7 nitrogen and oxygen atoms in total. The number of hydrogen-bond acceptors (Lipinski definition) is 7. The highest BCUT2D eigenvalue weighted by molar-refractivity contribution is 5.37. The van der Waals surface area contributed by atoms with Crippen molar-refractivity contribution in [3.05, 3.63) is 42.0 Å². The predicted molar refractivity (Wildman–Crippen MR) is 115 cm³/mol. The largest absolute Gasteiger partial charge is 0.491 e. The number of oxazole rings is 1. The molecule has 1 unspecified atom stereocenters. The van der Waals surface area contributed by atoms with Gasteiger partial charge in [0.25, 0.3) is 6.01 Å². The number of rotatable bonds is 5.